The van der Waals surface area contributed by atoms with Gasteiger partial charge in [-0.15, -0.1) is 0 Å². The molecule has 2 aromatic carbocycles. The van der Waals surface area contributed by atoms with Crippen molar-refractivity contribution in [2.24, 2.45) is 0 Å². The van der Waals surface area contributed by atoms with E-state index < -0.39 is 10.8 Å². The predicted molar refractivity (Wildman–Crippen MR) is 108 cm³/mol. The van der Waals surface area contributed by atoms with Crippen LogP contribution in [0.4, 0.5) is 5.69 Å². The molecule has 0 atom stereocenters. The number of nitrogens with zero attached hydrogens (tertiary/aromatic N) is 2. The molecular formula is C20H22ClN3O5. The summed E-state index contributed by atoms with van der Waals surface area (Å²) in [6.45, 7) is 4.93. The van der Waals surface area contributed by atoms with E-state index in [0.29, 0.717) is 12.4 Å². The zero-order valence-electron chi connectivity index (χ0n) is 15.8. The number of halogens is 1. The molecule has 29 heavy (non-hydrogen) atoms. The number of carbonyl (C=O) groups excluding carboxylic acids is 1. The second-order valence-electron chi connectivity index (χ2n) is 6.55. The van der Waals surface area contributed by atoms with Gasteiger partial charge in [-0.25, -0.2) is 0 Å². The molecule has 0 radical (unpaired) electrons. The normalized spacial score (nSPS) is 14.4. The van der Waals surface area contributed by atoms with Crippen LogP contribution in [-0.4, -0.2) is 55.2 Å². The Morgan fingerprint density at radius 3 is 2.79 bits per heavy atom. The summed E-state index contributed by atoms with van der Waals surface area (Å²) in [6, 6.07) is 11.4. The maximum Gasteiger partial charge on any atom is 0.283 e. The van der Waals surface area contributed by atoms with Gasteiger partial charge in [0.25, 0.3) is 11.6 Å². The molecule has 0 unspecified atom stereocenters. The number of ether oxygens (including phenoxy) is 2. The molecular weight excluding hydrogens is 398 g/mol. The molecule has 0 saturated carbocycles. The molecule has 1 fully saturated rings. The van der Waals surface area contributed by atoms with Gasteiger partial charge in [0.15, 0.2) is 0 Å². The van der Waals surface area contributed by atoms with Crippen LogP contribution >= 0.6 is 11.6 Å². The smallest absolute Gasteiger partial charge is 0.283 e. The first-order valence-corrected chi connectivity index (χ1v) is 9.65. The maximum atomic E-state index is 12.4. The van der Waals surface area contributed by atoms with E-state index in [9.17, 15) is 14.9 Å². The van der Waals surface area contributed by atoms with E-state index in [4.69, 9.17) is 21.1 Å². The second-order valence-corrected chi connectivity index (χ2v) is 6.99. The Kier molecular flexibility index (Phi) is 7.40. The highest BCUT2D eigenvalue weighted by molar-refractivity contribution is 6.31. The van der Waals surface area contributed by atoms with E-state index in [-0.39, 0.29) is 22.8 Å². The minimum Gasteiger partial charge on any atom is -0.492 e. The molecule has 2 aromatic rings. The van der Waals surface area contributed by atoms with Gasteiger partial charge in [-0.3, -0.25) is 19.8 Å². The van der Waals surface area contributed by atoms with Crippen LogP contribution in [0.15, 0.2) is 42.5 Å². The average molecular weight is 420 g/mol. The predicted octanol–water partition coefficient (Wildman–Crippen LogP) is 2.89. The van der Waals surface area contributed by atoms with Gasteiger partial charge in [0.2, 0.25) is 0 Å². The number of morpholine rings is 1. The van der Waals surface area contributed by atoms with E-state index in [1.165, 1.54) is 18.2 Å². The van der Waals surface area contributed by atoms with Crippen LogP contribution in [0.1, 0.15) is 15.9 Å². The van der Waals surface area contributed by atoms with Gasteiger partial charge in [0, 0.05) is 37.3 Å². The third-order valence-corrected chi connectivity index (χ3v) is 4.77. The van der Waals surface area contributed by atoms with Crippen LogP contribution in [0.3, 0.4) is 0 Å². The molecule has 1 aliphatic heterocycles. The Hall–Kier alpha value is -2.68. The summed E-state index contributed by atoms with van der Waals surface area (Å²) in [4.78, 5) is 25.2. The first kappa shape index (κ1) is 21.0. The fraction of sp³-hybridized carbons (Fsp3) is 0.350. The van der Waals surface area contributed by atoms with Crippen molar-refractivity contribution in [2.75, 3.05) is 39.5 Å². The first-order chi connectivity index (χ1) is 14.0. The summed E-state index contributed by atoms with van der Waals surface area (Å²) in [5.41, 5.74) is 0.478. The topological polar surface area (TPSA) is 93.9 Å². The van der Waals surface area contributed by atoms with Crippen molar-refractivity contribution in [3.63, 3.8) is 0 Å². The van der Waals surface area contributed by atoms with E-state index in [1.54, 1.807) is 0 Å². The number of nitrogens with one attached hydrogen (secondary N) is 1. The number of benzene rings is 2. The molecule has 154 valence electrons. The first-order valence-electron chi connectivity index (χ1n) is 9.27. The van der Waals surface area contributed by atoms with Gasteiger partial charge in [-0.1, -0.05) is 23.7 Å². The van der Waals surface area contributed by atoms with Crippen LogP contribution in [0.5, 0.6) is 5.75 Å². The Bertz CT molecular complexity index is 871. The summed E-state index contributed by atoms with van der Waals surface area (Å²) in [5, 5.41) is 14.1. The van der Waals surface area contributed by atoms with Crippen molar-refractivity contribution in [2.45, 2.75) is 6.54 Å². The van der Waals surface area contributed by atoms with Crippen molar-refractivity contribution in [1.82, 2.24) is 10.2 Å². The van der Waals surface area contributed by atoms with Gasteiger partial charge in [-0.05, 0) is 29.8 Å². The van der Waals surface area contributed by atoms with E-state index >= 15 is 0 Å². The molecule has 1 aliphatic rings. The summed E-state index contributed by atoms with van der Waals surface area (Å²) < 4.78 is 11.1. The number of hydrogen-bond acceptors (Lipinski definition) is 6. The number of nitro groups is 1. The van der Waals surface area contributed by atoms with Gasteiger partial charge in [0.1, 0.15) is 17.9 Å². The van der Waals surface area contributed by atoms with E-state index in [0.717, 1.165) is 38.4 Å². The molecule has 1 amide bonds. The maximum absolute atomic E-state index is 12.4. The zero-order chi connectivity index (χ0) is 20.6. The highest BCUT2D eigenvalue weighted by Gasteiger charge is 2.20. The van der Waals surface area contributed by atoms with Crippen molar-refractivity contribution < 1.29 is 19.2 Å². The molecule has 0 aromatic heterocycles. The van der Waals surface area contributed by atoms with Gasteiger partial charge < -0.3 is 14.8 Å². The van der Waals surface area contributed by atoms with Crippen LogP contribution in [0.2, 0.25) is 5.02 Å². The molecule has 0 bridgehead atoms. The molecule has 1 heterocycles. The lowest BCUT2D eigenvalue weighted by atomic mass is 10.1. The quantitative estimate of drug-likeness (QED) is 0.522. The summed E-state index contributed by atoms with van der Waals surface area (Å²) >= 11 is 5.79. The largest absolute Gasteiger partial charge is 0.492 e. The lowest BCUT2D eigenvalue weighted by Crippen LogP contribution is -2.38. The fourth-order valence-corrected chi connectivity index (χ4v) is 3.15. The average Bonchev–Trinajstić information content (AvgIpc) is 2.73. The standard InChI is InChI=1S/C20H22ClN3O5/c21-16-4-5-18(19(13-16)24(26)27)20(25)22-14-15-2-1-3-17(12-15)29-11-8-23-6-9-28-10-7-23/h1-5,12-13H,6-11,14H2,(H,22,25). The minimum atomic E-state index is -0.621. The highest BCUT2D eigenvalue weighted by Crippen LogP contribution is 2.23. The molecule has 1 N–H and O–H groups in total. The summed E-state index contributed by atoms with van der Waals surface area (Å²) in [7, 11) is 0. The summed E-state index contributed by atoms with van der Waals surface area (Å²) in [6.07, 6.45) is 0. The SMILES string of the molecule is O=C(NCc1cccc(OCCN2CCOCC2)c1)c1ccc(Cl)cc1[N+](=O)[O-]. The van der Waals surface area contributed by atoms with Crippen molar-refractivity contribution >= 4 is 23.2 Å². The summed E-state index contributed by atoms with van der Waals surface area (Å²) in [5.74, 6) is 0.175. The second kappa shape index (κ2) is 10.2. The van der Waals surface area contributed by atoms with E-state index in [1.807, 2.05) is 24.3 Å². The fourth-order valence-electron chi connectivity index (χ4n) is 2.99. The lowest BCUT2D eigenvalue weighted by Gasteiger charge is -2.26. The molecule has 3 rings (SSSR count). The van der Waals surface area contributed by atoms with Crippen LogP contribution < -0.4 is 10.1 Å². The lowest BCUT2D eigenvalue weighted by molar-refractivity contribution is -0.385. The molecule has 1 saturated heterocycles. The van der Waals surface area contributed by atoms with Crippen molar-refractivity contribution in [3.8, 4) is 5.75 Å². The molecule has 0 aliphatic carbocycles. The number of carbonyl (C=O) groups is 1. The third kappa shape index (κ3) is 6.15. The third-order valence-electron chi connectivity index (χ3n) is 4.53. The number of amides is 1. The minimum absolute atomic E-state index is 0.0303. The molecule has 9 heteroatoms. The Morgan fingerprint density at radius 2 is 2.03 bits per heavy atom. The number of hydrogen-bond donors (Lipinski definition) is 1. The van der Waals surface area contributed by atoms with Gasteiger partial charge >= 0.3 is 0 Å². The van der Waals surface area contributed by atoms with Crippen LogP contribution in [-0.2, 0) is 11.3 Å². The van der Waals surface area contributed by atoms with Crippen molar-refractivity contribution in [1.29, 1.82) is 0 Å². The molecule has 8 nitrogen and oxygen atoms in total. The van der Waals surface area contributed by atoms with E-state index in [2.05, 4.69) is 10.2 Å². The Labute approximate surface area is 173 Å². The van der Waals surface area contributed by atoms with Crippen LogP contribution in [0, 0.1) is 10.1 Å². The molecule has 0 spiro atoms. The number of nitro benzene ring substituents is 1. The van der Waals surface area contributed by atoms with Crippen LogP contribution in [0.25, 0.3) is 0 Å². The Balaban J connectivity index is 1.54. The van der Waals surface area contributed by atoms with Crippen molar-refractivity contribution in [3.05, 3.63) is 68.7 Å². The van der Waals surface area contributed by atoms with Gasteiger partial charge in [0.05, 0.1) is 18.1 Å². The highest BCUT2D eigenvalue weighted by atomic mass is 35.5. The number of rotatable bonds is 8. The Morgan fingerprint density at radius 1 is 1.24 bits per heavy atom. The monoisotopic (exact) mass is 419 g/mol. The zero-order valence-corrected chi connectivity index (χ0v) is 16.6. The van der Waals surface area contributed by atoms with Gasteiger partial charge in [-0.2, -0.15) is 0 Å².